The zero-order valence-corrected chi connectivity index (χ0v) is 15.5. The summed E-state index contributed by atoms with van der Waals surface area (Å²) in [6.45, 7) is 0.565. The number of amides is 2. The van der Waals surface area contributed by atoms with Crippen LogP contribution in [0.2, 0.25) is 0 Å². The van der Waals surface area contributed by atoms with Crippen LogP contribution in [0, 0.1) is 5.41 Å². The molecule has 0 radical (unpaired) electrons. The van der Waals surface area contributed by atoms with Crippen molar-refractivity contribution in [3.63, 3.8) is 0 Å². The van der Waals surface area contributed by atoms with E-state index >= 15 is 0 Å². The minimum Gasteiger partial charge on any atom is -0.468 e. The molecule has 2 N–H and O–H groups in total. The molecule has 10 heteroatoms. The molecule has 0 saturated heterocycles. The Morgan fingerprint density at radius 2 is 1.97 bits per heavy atom. The molecule has 2 aromatic heterocycles. The molecule has 1 aliphatic rings. The lowest BCUT2D eigenvalue weighted by atomic mass is 10.1. The van der Waals surface area contributed by atoms with Gasteiger partial charge in [0.15, 0.2) is 6.61 Å². The van der Waals surface area contributed by atoms with Gasteiger partial charge in [0.2, 0.25) is 11.8 Å². The molecule has 2 heterocycles. The van der Waals surface area contributed by atoms with E-state index in [0.717, 1.165) is 12.8 Å². The molecule has 0 atom stereocenters. The number of aromatic nitrogens is 2. The van der Waals surface area contributed by atoms with Crippen LogP contribution >= 0.6 is 0 Å². The summed E-state index contributed by atoms with van der Waals surface area (Å²) < 4.78 is 40.9. The van der Waals surface area contributed by atoms with Crippen LogP contribution in [0.3, 0.4) is 0 Å². The van der Waals surface area contributed by atoms with Crippen molar-refractivity contribution in [1.29, 1.82) is 0 Å². The Morgan fingerprint density at radius 3 is 2.59 bits per heavy atom. The Hall–Kier alpha value is -3.17. The first kappa shape index (κ1) is 20.6. The number of nitrogens with one attached hydrogen (secondary N) is 2. The molecular formula is C19H19F3N4O3. The van der Waals surface area contributed by atoms with Gasteiger partial charge in [0.1, 0.15) is 5.82 Å². The maximum atomic E-state index is 12.3. The van der Waals surface area contributed by atoms with Crippen LogP contribution < -0.4 is 15.4 Å². The average molecular weight is 408 g/mol. The number of hydrogen-bond donors (Lipinski definition) is 2. The molecule has 1 aliphatic carbocycles. The fraction of sp³-hybridized carbons (Fsp3) is 0.368. The second kappa shape index (κ2) is 8.06. The Balaban J connectivity index is 1.52. The molecular weight excluding hydrogens is 389 g/mol. The van der Waals surface area contributed by atoms with Crippen LogP contribution in [0.15, 0.2) is 36.7 Å². The SMILES string of the molecule is CC1(C(=O)Nc2cc(C(=O)NCc3ccc(OCC(F)(F)F)nc3)ccn2)CC1. The molecule has 7 nitrogen and oxygen atoms in total. The third-order valence-electron chi connectivity index (χ3n) is 4.45. The van der Waals surface area contributed by atoms with Gasteiger partial charge >= 0.3 is 6.18 Å². The molecule has 2 aromatic rings. The highest BCUT2D eigenvalue weighted by atomic mass is 19.4. The van der Waals surface area contributed by atoms with Crippen molar-refractivity contribution in [1.82, 2.24) is 15.3 Å². The van der Waals surface area contributed by atoms with Gasteiger partial charge in [-0.1, -0.05) is 13.0 Å². The normalized spacial score (nSPS) is 14.8. The second-order valence-corrected chi connectivity index (χ2v) is 7.04. The monoisotopic (exact) mass is 408 g/mol. The van der Waals surface area contributed by atoms with E-state index in [1.54, 1.807) is 0 Å². The summed E-state index contributed by atoms with van der Waals surface area (Å²) in [7, 11) is 0. The lowest BCUT2D eigenvalue weighted by Gasteiger charge is -2.11. The first-order valence-electron chi connectivity index (χ1n) is 8.85. The molecule has 2 amide bonds. The minimum atomic E-state index is -4.44. The summed E-state index contributed by atoms with van der Waals surface area (Å²) in [6, 6.07) is 5.79. The van der Waals surface area contributed by atoms with Crippen LogP contribution in [0.5, 0.6) is 5.88 Å². The lowest BCUT2D eigenvalue weighted by molar-refractivity contribution is -0.154. The Morgan fingerprint density at radius 1 is 1.21 bits per heavy atom. The maximum absolute atomic E-state index is 12.3. The van der Waals surface area contributed by atoms with Gasteiger partial charge in [0, 0.05) is 36.0 Å². The number of rotatable bonds is 7. The first-order valence-corrected chi connectivity index (χ1v) is 8.85. The number of carbonyl (C=O) groups excluding carboxylic acids is 2. The summed E-state index contributed by atoms with van der Waals surface area (Å²) >= 11 is 0. The molecule has 0 aliphatic heterocycles. The predicted molar refractivity (Wildman–Crippen MR) is 97.2 cm³/mol. The van der Waals surface area contributed by atoms with Gasteiger partial charge in [-0.25, -0.2) is 9.97 Å². The number of hydrogen-bond acceptors (Lipinski definition) is 5. The van der Waals surface area contributed by atoms with Gasteiger partial charge in [-0.2, -0.15) is 13.2 Å². The molecule has 29 heavy (non-hydrogen) atoms. The summed E-state index contributed by atoms with van der Waals surface area (Å²) in [4.78, 5) is 32.2. The van der Waals surface area contributed by atoms with Crippen molar-refractivity contribution < 1.29 is 27.5 Å². The summed E-state index contributed by atoms with van der Waals surface area (Å²) in [5.41, 5.74) is 0.541. The van der Waals surface area contributed by atoms with Crippen molar-refractivity contribution in [3.05, 3.63) is 47.8 Å². The van der Waals surface area contributed by atoms with Crippen molar-refractivity contribution >= 4 is 17.6 Å². The first-order chi connectivity index (χ1) is 13.6. The molecule has 3 rings (SSSR count). The molecule has 0 spiro atoms. The van der Waals surface area contributed by atoms with Gasteiger partial charge in [0.05, 0.1) is 0 Å². The zero-order chi connectivity index (χ0) is 21.1. The Kier molecular flexibility index (Phi) is 5.71. The smallest absolute Gasteiger partial charge is 0.422 e. The van der Waals surface area contributed by atoms with E-state index in [1.807, 2.05) is 6.92 Å². The molecule has 154 valence electrons. The fourth-order valence-electron chi connectivity index (χ4n) is 2.36. The summed E-state index contributed by atoms with van der Waals surface area (Å²) in [5, 5.41) is 5.38. The number of halogens is 3. The van der Waals surface area contributed by atoms with Gasteiger partial charge in [0.25, 0.3) is 5.91 Å². The van der Waals surface area contributed by atoms with Gasteiger partial charge in [-0.05, 0) is 30.5 Å². The highest BCUT2D eigenvalue weighted by Gasteiger charge is 2.45. The predicted octanol–water partition coefficient (Wildman–Crippen LogP) is 3.09. The van der Waals surface area contributed by atoms with Crippen molar-refractivity contribution in [3.8, 4) is 5.88 Å². The van der Waals surface area contributed by atoms with E-state index in [2.05, 4.69) is 25.3 Å². The molecule has 1 fully saturated rings. The highest BCUT2D eigenvalue weighted by Crippen LogP contribution is 2.45. The van der Waals surface area contributed by atoms with E-state index < -0.39 is 18.7 Å². The van der Waals surface area contributed by atoms with Gasteiger partial charge in [-0.15, -0.1) is 0 Å². The van der Waals surface area contributed by atoms with Gasteiger partial charge in [-0.3, -0.25) is 9.59 Å². The Labute approximate surface area is 164 Å². The zero-order valence-electron chi connectivity index (χ0n) is 15.5. The highest BCUT2D eigenvalue weighted by molar-refractivity contribution is 5.98. The van der Waals surface area contributed by atoms with Crippen molar-refractivity contribution in [2.45, 2.75) is 32.5 Å². The Bertz CT molecular complexity index is 896. The largest absolute Gasteiger partial charge is 0.468 e. The lowest BCUT2D eigenvalue weighted by Crippen LogP contribution is -2.24. The van der Waals surface area contributed by atoms with E-state index in [1.165, 1.54) is 36.7 Å². The third kappa shape index (κ3) is 5.90. The molecule has 0 bridgehead atoms. The third-order valence-corrected chi connectivity index (χ3v) is 4.45. The maximum Gasteiger partial charge on any atom is 0.422 e. The topological polar surface area (TPSA) is 93.2 Å². The van der Waals surface area contributed by atoms with E-state index in [-0.39, 0.29) is 23.7 Å². The number of carbonyl (C=O) groups is 2. The summed E-state index contributed by atoms with van der Waals surface area (Å²) in [5.74, 6) is -0.376. The van der Waals surface area contributed by atoms with Gasteiger partial charge < -0.3 is 15.4 Å². The number of ether oxygens (including phenoxy) is 1. The molecule has 0 aromatic carbocycles. The number of anilines is 1. The average Bonchev–Trinajstić information content (AvgIpc) is 3.44. The fourth-order valence-corrected chi connectivity index (χ4v) is 2.36. The molecule has 1 saturated carbocycles. The van der Waals surface area contributed by atoms with Crippen LogP contribution in [-0.2, 0) is 11.3 Å². The van der Waals surface area contributed by atoms with Crippen LogP contribution in [0.1, 0.15) is 35.7 Å². The van der Waals surface area contributed by atoms with Crippen molar-refractivity contribution in [2.75, 3.05) is 11.9 Å². The van der Waals surface area contributed by atoms with E-state index in [0.29, 0.717) is 16.9 Å². The van der Waals surface area contributed by atoms with E-state index in [4.69, 9.17) is 0 Å². The minimum absolute atomic E-state index is 0.119. The van der Waals surface area contributed by atoms with Crippen molar-refractivity contribution in [2.24, 2.45) is 5.41 Å². The summed E-state index contributed by atoms with van der Waals surface area (Å²) in [6.07, 6.45) is -0.0393. The second-order valence-electron chi connectivity index (χ2n) is 7.04. The van der Waals surface area contributed by atoms with Crippen LogP contribution in [-0.4, -0.2) is 34.6 Å². The number of alkyl halides is 3. The number of pyridine rings is 2. The standard InChI is InChI=1S/C19H19F3N4O3/c1-18(5-6-18)17(28)26-14-8-13(4-7-23-14)16(27)25-10-12-2-3-15(24-9-12)29-11-19(20,21)22/h2-4,7-9H,5-6,10-11H2,1H3,(H,25,27)(H,23,26,28). The van der Waals surface area contributed by atoms with E-state index in [9.17, 15) is 22.8 Å². The van der Waals surface area contributed by atoms with Crippen LogP contribution in [0.25, 0.3) is 0 Å². The quantitative estimate of drug-likeness (QED) is 0.735. The number of nitrogens with zero attached hydrogens (tertiary/aromatic N) is 2. The molecule has 0 unspecified atom stereocenters. The van der Waals surface area contributed by atoms with Crippen LogP contribution in [0.4, 0.5) is 19.0 Å².